The van der Waals surface area contributed by atoms with Crippen LogP contribution in [0.5, 0.6) is 5.88 Å². The van der Waals surface area contributed by atoms with E-state index in [4.69, 9.17) is 4.74 Å². The standard InChI is InChI=1S/C18H12F3N3O3/c1-27-16-9-15(25)17(18(26)22-11-4-2-3-10(19)7-11)23-24(16)12-5-6-13(20)14(21)8-12/h2-9H,1H3,(H,22,26). The first-order valence-electron chi connectivity index (χ1n) is 7.60. The van der Waals surface area contributed by atoms with Crippen molar-refractivity contribution in [1.29, 1.82) is 0 Å². The van der Waals surface area contributed by atoms with Crippen LogP contribution in [0.4, 0.5) is 18.9 Å². The smallest absolute Gasteiger partial charge is 0.280 e. The first kappa shape index (κ1) is 18.2. The molecule has 6 nitrogen and oxygen atoms in total. The van der Waals surface area contributed by atoms with Gasteiger partial charge in [0.1, 0.15) is 5.82 Å². The molecule has 0 aliphatic carbocycles. The van der Waals surface area contributed by atoms with Crippen molar-refractivity contribution in [1.82, 2.24) is 9.78 Å². The second kappa shape index (κ2) is 7.32. The predicted molar refractivity (Wildman–Crippen MR) is 90.7 cm³/mol. The van der Waals surface area contributed by atoms with Crippen molar-refractivity contribution in [2.75, 3.05) is 12.4 Å². The lowest BCUT2D eigenvalue weighted by Crippen LogP contribution is -2.26. The molecule has 1 heterocycles. The van der Waals surface area contributed by atoms with Crippen LogP contribution in [0.2, 0.25) is 0 Å². The maximum atomic E-state index is 13.5. The molecule has 1 aromatic heterocycles. The summed E-state index contributed by atoms with van der Waals surface area (Å²) in [6.07, 6.45) is 0. The molecule has 2 aromatic carbocycles. The first-order chi connectivity index (χ1) is 12.9. The number of methoxy groups -OCH3 is 1. The molecule has 1 N–H and O–H groups in total. The summed E-state index contributed by atoms with van der Waals surface area (Å²) in [5, 5.41) is 6.23. The Morgan fingerprint density at radius 2 is 1.85 bits per heavy atom. The van der Waals surface area contributed by atoms with E-state index in [-0.39, 0.29) is 17.3 Å². The molecule has 0 radical (unpaired) electrons. The fraction of sp³-hybridized carbons (Fsp3) is 0.0556. The van der Waals surface area contributed by atoms with Gasteiger partial charge in [0.15, 0.2) is 17.3 Å². The SMILES string of the molecule is COc1cc(=O)c(C(=O)Nc2cccc(F)c2)nn1-c1ccc(F)c(F)c1. The molecule has 0 bridgehead atoms. The minimum atomic E-state index is -1.14. The minimum Gasteiger partial charge on any atom is -0.481 e. The zero-order chi connectivity index (χ0) is 19.6. The Hall–Kier alpha value is -3.62. The van der Waals surface area contributed by atoms with Crippen LogP contribution in [0.15, 0.2) is 53.3 Å². The monoisotopic (exact) mass is 375 g/mol. The van der Waals surface area contributed by atoms with Gasteiger partial charge in [0, 0.05) is 11.8 Å². The second-order valence-electron chi connectivity index (χ2n) is 5.37. The van der Waals surface area contributed by atoms with Crippen molar-refractivity contribution in [3.05, 3.63) is 81.9 Å². The molecule has 0 fully saturated rings. The van der Waals surface area contributed by atoms with Crippen molar-refractivity contribution in [2.45, 2.75) is 0 Å². The molecule has 0 unspecified atom stereocenters. The van der Waals surface area contributed by atoms with Gasteiger partial charge in [-0.2, -0.15) is 5.10 Å². The molecular formula is C18H12F3N3O3. The molecular weight excluding hydrogens is 363 g/mol. The summed E-state index contributed by atoms with van der Waals surface area (Å²) in [6, 6.07) is 8.96. The zero-order valence-corrected chi connectivity index (χ0v) is 13.9. The lowest BCUT2D eigenvalue weighted by Gasteiger charge is -2.13. The average Bonchev–Trinajstić information content (AvgIpc) is 2.63. The molecule has 0 aliphatic rings. The van der Waals surface area contributed by atoms with Crippen molar-refractivity contribution in [3.8, 4) is 11.6 Å². The third-order valence-electron chi connectivity index (χ3n) is 3.55. The van der Waals surface area contributed by atoms with Crippen molar-refractivity contribution in [2.24, 2.45) is 0 Å². The highest BCUT2D eigenvalue weighted by molar-refractivity contribution is 6.02. The van der Waals surface area contributed by atoms with Gasteiger partial charge in [-0.3, -0.25) is 9.59 Å². The van der Waals surface area contributed by atoms with Gasteiger partial charge in [-0.05, 0) is 30.3 Å². The van der Waals surface area contributed by atoms with E-state index < -0.39 is 34.5 Å². The number of hydrogen-bond acceptors (Lipinski definition) is 4. The van der Waals surface area contributed by atoms with Crippen molar-refractivity contribution in [3.63, 3.8) is 0 Å². The molecule has 9 heteroatoms. The van der Waals surface area contributed by atoms with Gasteiger partial charge in [-0.25, -0.2) is 17.9 Å². The highest BCUT2D eigenvalue weighted by atomic mass is 19.2. The maximum Gasteiger partial charge on any atom is 0.280 e. The quantitative estimate of drug-likeness (QED) is 0.761. The third kappa shape index (κ3) is 3.81. The maximum absolute atomic E-state index is 13.5. The number of aromatic nitrogens is 2. The van der Waals surface area contributed by atoms with Crippen molar-refractivity contribution >= 4 is 11.6 Å². The molecule has 3 aromatic rings. The van der Waals surface area contributed by atoms with Gasteiger partial charge < -0.3 is 10.1 Å². The van der Waals surface area contributed by atoms with E-state index in [0.29, 0.717) is 0 Å². The summed E-state index contributed by atoms with van der Waals surface area (Å²) in [5.74, 6) is -3.77. The highest BCUT2D eigenvalue weighted by Gasteiger charge is 2.18. The number of nitrogens with zero attached hydrogens (tertiary/aromatic N) is 2. The van der Waals surface area contributed by atoms with Gasteiger partial charge >= 0.3 is 0 Å². The summed E-state index contributed by atoms with van der Waals surface area (Å²) in [7, 11) is 1.25. The van der Waals surface area contributed by atoms with Gasteiger partial charge in [0.2, 0.25) is 11.3 Å². The number of nitrogens with one attached hydrogen (secondary N) is 1. The predicted octanol–water partition coefficient (Wildman–Crippen LogP) is 2.91. The van der Waals surface area contributed by atoms with Crippen LogP contribution >= 0.6 is 0 Å². The van der Waals surface area contributed by atoms with Crippen LogP contribution in [-0.4, -0.2) is 22.8 Å². The molecule has 0 spiro atoms. The van der Waals surface area contributed by atoms with Crippen LogP contribution in [0.25, 0.3) is 5.69 Å². The van der Waals surface area contributed by atoms with E-state index in [0.717, 1.165) is 28.9 Å². The van der Waals surface area contributed by atoms with E-state index >= 15 is 0 Å². The molecule has 3 rings (SSSR count). The summed E-state index contributed by atoms with van der Waals surface area (Å²) in [6.45, 7) is 0. The molecule has 27 heavy (non-hydrogen) atoms. The molecule has 0 atom stereocenters. The number of carbonyl (C=O) groups is 1. The van der Waals surface area contributed by atoms with Gasteiger partial charge in [0.05, 0.1) is 18.9 Å². The number of benzene rings is 2. The topological polar surface area (TPSA) is 73.2 Å². The summed E-state index contributed by atoms with van der Waals surface area (Å²) in [4.78, 5) is 24.5. The van der Waals surface area contributed by atoms with E-state index in [1.165, 1.54) is 31.4 Å². The van der Waals surface area contributed by atoms with Gasteiger partial charge in [-0.15, -0.1) is 0 Å². The number of anilines is 1. The van der Waals surface area contributed by atoms with Gasteiger partial charge in [0.25, 0.3) is 5.91 Å². The Morgan fingerprint density at radius 3 is 2.52 bits per heavy atom. The third-order valence-corrected chi connectivity index (χ3v) is 3.55. The fourth-order valence-electron chi connectivity index (χ4n) is 2.30. The van der Waals surface area contributed by atoms with E-state index in [9.17, 15) is 22.8 Å². The molecule has 0 saturated carbocycles. The minimum absolute atomic E-state index is 0.0329. The van der Waals surface area contributed by atoms with Crippen LogP contribution in [0, 0.1) is 17.5 Å². The van der Waals surface area contributed by atoms with Crippen LogP contribution in [-0.2, 0) is 0 Å². The summed E-state index contributed by atoms with van der Waals surface area (Å²) in [5.41, 5.74) is -1.15. The lowest BCUT2D eigenvalue weighted by molar-refractivity contribution is 0.101. The summed E-state index contributed by atoms with van der Waals surface area (Å²) >= 11 is 0. The largest absolute Gasteiger partial charge is 0.481 e. The number of hydrogen-bond donors (Lipinski definition) is 1. The van der Waals surface area contributed by atoms with E-state index in [1.54, 1.807) is 0 Å². The number of halogens is 3. The Balaban J connectivity index is 2.04. The van der Waals surface area contributed by atoms with E-state index in [2.05, 4.69) is 10.4 Å². The van der Waals surface area contributed by atoms with Crippen LogP contribution in [0.1, 0.15) is 10.5 Å². The summed E-state index contributed by atoms with van der Waals surface area (Å²) < 4.78 is 45.9. The Bertz CT molecular complexity index is 1080. The number of rotatable bonds is 4. The fourth-order valence-corrected chi connectivity index (χ4v) is 2.30. The lowest BCUT2D eigenvalue weighted by atomic mass is 10.2. The Labute approximate surface area is 150 Å². The Kier molecular flexibility index (Phi) is 4.93. The number of carbonyl (C=O) groups excluding carboxylic acids is 1. The second-order valence-corrected chi connectivity index (χ2v) is 5.37. The molecule has 0 aliphatic heterocycles. The normalized spacial score (nSPS) is 10.5. The zero-order valence-electron chi connectivity index (χ0n) is 13.9. The molecule has 138 valence electrons. The van der Waals surface area contributed by atoms with Gasteiger partial charge in [-0.1, -0.05) is 6.07 Å². The average molecular weight is 375 g/mol. The number of amides is 1. The molecule has 0 saturated heterocycles. The van der Waals surface area contributed by atoms with Crippen LogP contribution < -0.4 is 15.5 Å². The first-order valence-corrected chi connectivity index (χ1v) is 7.60. The van der Waals surface area contributed by atoms with E-state index in [1.807, 2.05) is 0 Å². The van der Waals surface area contributed by atoms with Crippen molar-refractivity contribution < 1.29 is 22.7 Å². The highest BCUT2D eigenvalue weighted by Crippen LogP contribution is 2.18. The molecule has 1 amide bonds. The number of ether oxygens (including phenoxy) is 1. The van der Waals surface area contributed by atoms with Crippen LogP contribution in [0.3, 0.4) is 0 Å². The Morgan fingerprint density at radius 1 is 1.07 bits per heavy atom.